The molecule has 98 valence electrons. The topological polar surface area (TPSA) is 24.1 Å². The first-order chi connectivity index (χ1) is 7.56. The Morgan fingerprint density at radius 3 is 2.06 bits per heavy atom. The van der Waals surface area contributed by atoms with Crippen molar-refractivity contribution < 1.29 is 0 Å². The van der Waals surface area contributed by atoms with Gasteiger partial charge in [0.25, 0.3) is 0 Å². The van der Waals surface area contributed by atoms with Crippen molar-refractivity contribution >= 4 is 0 Å². The second kappa shape index (κ2) is 10.1. The molecule has 0 spiro atoms. The highest BCUT2D eigenvalue weighted by Gasteiger charge is 2.06. The smallest absolute Gasteiger partial charge is 0.00388 e. The Hall–Kier alpha value is -0.0800. The van der Waals surface area contributed by atoms with Gasteiger partial charge in [0, 0.05) is 6.04 Å². The second-order valence-corrected chi connectivity index (χ2v) is 5.61. The summed E-state index contributed by atoms with van der Waals surface area (Å²) in [4.78, 5) is 0. The minimum absolute atomic E-state index is 0.677. The summed E-state index contributed by atoms with van der Waals surface area (Å²) in [5.74, 6) is 1.66. The number of nitrogens with one attached hydrogen (secondary N) is 2. The van der Waals surface area contributed by atoms with Crippen LogP contribution in [0.1, 0.15) is 53.4 Å². The normalized spacial score (nSPS) is 15.4. The van der Waals surface area contributed by atoms with Crippen LogP contribution in [0.4, 0.5) is 0 Å². The lowest BCUT2D eigenvalue weighted by atomic mass is 9.99. The monoisotopic (exact) mass is 228 g/mol. The molecule has 0 saturated heterocycles. The number of hydrogen-bond acceptors (Lipinski definition) is 2. The van der Waals surface area contributed by atoms with Crippen LogP contribution in [0.5, 0.6) is 0 Å². The lowest BCUT2D eigenvalue weighted by molar-refractivity contribution is 0.404. The van der Waals surface area contributed by atoms with E-state index in [-0.39, 0.29) is 0 Å². The Balaban J connectivity index is 3.38. The molecule has 0 aromatic heterocycles. The Bertz CT molecular complexity index is 146. The van der Waals surface area contributed by atoms with Gasteiger partial charge in [-0.2, -0.15) is 0 Å². The molecule has 0 radical (unpaired) electrons. The van der Waals surface area contributed by atoms with Crippen LogP contribution < -0.4 is 10.6 Å². The number of hydrogen-bond donors (Lipinski definition) is 2. The van der Waals surface area contributed by atoms with Gasteiger partial charge in [0.1, 0.15) is 0 Å². The molecule has 2 N–H and O–H groups in total. The van der Waals surface area contributed by atoms with Crippen LogP contribution in [0.15, 0.2) is 0 Å². The Labute approximate surface area is 103 Å². The van der Waals surface area contributed by atoms with Gasteiger partial charge in [0.05, 0.1) is 0 Å². The van der Waals surface area contributed by atoms with Crippen LogP contribution in [0, 0.1) is 11.8 Å². The van der Waals surface area contributed by atoms with Gasteiger partial charge in [-0.15, -0.1) is 0 Å². The summed E-state index contributed by atoms with van der Waals surface area (Å²) < 4.78 is 0. The third kappa shape index (κ3) is 10.4. The summed E-state index contributed by atoms with van der Waals surface area (Å²) in [5.41, 5.74) is 0. The standard InChI is InChI=1S/C14H32N2/c1-12(2)8-11-16-14(4)7-6-13(3)9-10-15-5/h12-16H,6-11H2,1-5H3. The van der Waals surface area contributed by atoms with Crippen LogP contribution in [0.25, 0.3) is 0 Å². The average molecular weight is 228 g/mol. The fourth-order valence-corrected chi connectivity index (χ4v) is 1.79. The molecule has 0 heterocycles. The van der Waals surface area contributed by atoms with Gasteiger partial charge in [0.2, 0.25) is 0 Å². The van der Waals surface area contributed by atoms with Gasteiger partial charge in [-0.3, -0.25) is 0 Å². The van der Waals surface area contributed by atoms with Gasteiger partial charge >= 0.3 is 0 Å². The largest absolute Gasteiger partial charge is 0.320 e. The fraction of sp³-hybridized carbons (Fsp3) is 1.00. The zero-order valence-electron chi connectivity index (χ0n) is 12.0. The zero-order chi connectivity index (χ0) is 12.4. The van der Waals surface area contributed by atoms with E-state index in [1.54, 1.807) is 0 Å². The van der Waals surface area contributed by atoms with Crippen molar-refractivity contribution in [2.24, 2.45) is 11.8 Å². The molecule has 0 aromatic rings. The van der Waals surface area contributed by atoms with Gasteiger partial charge < -0.3 is 10.6 Å². The molecule has 2 atom stereocenters. The first-order valence-corrected chi connectivity index (χ1v) is 6.94. The van der Waals surface area contributed by atoms with Crippen LogP contribution >= 0.6 is 0 Å². The maximum atomic E-state index is 3.61. The minimum atomic E-state index is 0.677. The van der Waals surface area contributed by atoms with E-state index in [9.17, 15) is 0 Å². The lowest BCUT2D eigenvalue weighted by Crippen LogP contribution is -2.28. The lowest BCUT2D eigenvalue weighted by Gasteiger charge is -2.17. The molecule has 0 aromatic carbocycles. The summed E-state index contributed by atoms with van der Waals surface area (Å²) in [6, 6.07) is 0.677. The Kier molecular flexibility index (Phi) is 10.0. The van der Waals surface area contributed by atoms with E-state index in [4.69, 9.17) is 0 Å². The summed E-state index contributed by atoms with van der Waals surface area (Å²) in [6.07, 6.45) is 5.25. The van der Waals surface area contributed by atoms with Crippen molar-refractivity contribution in [3.05, 3.63) is 0 Å². The molecule has 0 saturated carbocycles. The quantitative estimate of drug-likeness (QED) is 0.600. The van der Waals surface area contributed by atoms with Crippen LogP contribution in [-0.2, 0) is 0 Å². The second-order valence-electron chi connectivity index (χ2n) is 5.61. The van der Waals surface area contributed by atoms with Gasteiger partial charge in [-0.1, -0.05) is 20.8 Å². The zero-order valence-corrected chi connectivity index (χ0v) is 12.0. The summed E-state index contributed by atoms with van der Waals surface area (Å²) in [6.45, 7) is 11.6. The van der Waals surface area contributed by atoms with Crippen molar-refractivity contribution in [2.75, 3.05) is 20.1 Å². The molecule has 0 rings (SSSR count). The summed E-state index contributed by atoms with van der Waals surface area (Å²) in [5, 5.41) is 6.83. The molecule has 16 heavy (non-hydrogen) atoms. The van der Waals surface area contributed by atoms with Crippen molar-refractivity contribution in [2.45, 2.75) is 59.4 Å². The van der Waals surface area contributed by atoms with E-state index in [0.717, 1.165) is 18.4 Å². The fourth-order valence-electron chi connectivity index (χ4n) is 1.79. The molecule has 0 aliphatic heterocycles. The Morgan fingerprint density at radius 2 is 1.50 bits per heavy atom. The van der Waals surface area contributed by atoms with E-state index in [0.29, 0.717) is 6.04 Å². The van der Waals surface area contributed by atoms with Crippen molar-refractivity contribution in [1.82, 2.24) is 10.6 Å². The first kappa shape index (κ1) is 15.9. The molecule has 0 fully saturated rings. The third-order valence-corrected chi connectivity index (χ3v) is 3.19. The predicted octanol–water partition coefficient (Wildman–Crippen LogP) is 3.04. The highest BCUT2D eigenvalue weighted by Crippen LogP contribution is 2.11. The van der Waals surface area contributed by atoms with Gasteiger partial charge in [-0.05, 0) is 64.6 Å². The molecule has 2 nitrogen and oxygen atoms in total. The maximum Gasteiger partial charge on any atom is 0.00388 e. The SMILES string of the molecule is CNCCC(C)CCC(C)NCCC(C)C. The van der Waals surface area contributed by atoms with E-state index in [2.05, 4.69) is 38.3 Å². The molecule has 2 heteroatoms. The molecular formula is C14H32N2. The first-order valence-electron chi connectivity index (χ1n) is 6.94. The van der Waals surface area contributed by atoms with E-state index < -0.39 is 0 Å². The van der Waals surface area contributed by atoms with Gasteiger partial charge in [0.15, 0.2) is 0 Å². The van der Waals surface area contributed by atoms with Crippen molar-refractivity contribution in [1.29, 1.82) is 0 Å². The molecular weight excluding hydrogens is 196 g/mol. The minimum Gasteiger partial charge on any atom is -0.320 e. The highest BCUT2D eigenvalue weighted by atomic mass is 14.9. The van der Waals surface area contributed by atoms with Gasteiger partial charge in [-0.25, -0.2) is 0 Å². The Morgan fingerprint density at radius 1 is 0.812 bits per heavy atom. The maximum absolute atomic E-state index is 3.61. The van der Waals surface area contributed by atoms with E-state index in [1.807, 2.05) is 7.05 Å². The summed E-state index contributed by atoms with van der Waals surface area (Å²) in [7, 11) is 2.03. The van der Waals surface area contributed by atoms with Crippen LogP contribution in [0.2, 0.25) is 0 Å². The van der Waals surface area contributed by atoms with E-state index in [1.165, 1.54) is 32.2 Å². The van der Waals surface area contributed by atoms with E-state index >= 15 is 0 Å². The summed E-state index contributed by atoms with van der Waals surface area (Å²) >= 11 is 0. The molecule has 0 bridgehead atoms. The van der Waals surface area contributed by atoms with Crippen molar-refractivity contribution in [3.8, 4) is 0 Å². The molecule has 2 unspecified atom stereocenters. The molecule has 0 amide bonds. The highest BCUT2D eigenvalue weighted by molar-refractivity contribution is 4.64. The van der Waals surface area contributed by atoms with Crippen LogP contribution in [0.3, 0.4) is 0 Å². The predicted molar refractivity (Wildman–Crippen MR) is 73.9 cm³/mol. The average Bonchev–Trinajstić information content (AvgIpc) is 2.23. The molecule has 0 aliphatic rings. The molecule has 0 aliphatic carbocycles. The third-order valence-electron chi connectivity index (χ3n) is 3.19. The number of rotatable bonds is 10. The van der Waals surface area contributed by atoms with Crippen molar-refractivity contribution in [3.63, 3.8) is 0 Å². The van der Waals surface area contributed by atoms with Crippen LogP contribution in [-0.4, -0.2) is 26.2 Å².